The Kier molecular flexibility index (Phi) is 5.08. The Hall–Kier alpha value is -1.12. The molecule has 1 aromatic rings. The van der Waals surface area contributed by atoms with Gasteiger partial charge in [0.25, 0.3) is 0 Å². The smallest absolute Gasteiger partial charge is 0.0681 e. The zero-order valence-electron chi connectivity index (χ0n) is 9.46. The summed E-state index contributed by atoms with van der Waals surface area (Å²) in [7, 11) is 1.95. The van der Waals surface area contributed by atoms with E-state index < -0.39 is 0 Å². The molecule has 15 heavy (non-hydrogen) atoms. The van der Waals surface area contributed by atoms with Gasteiger partial charge in [0.15, 0.2) is 0 Å². The molecule has 1 aromatic carbocycles. The van der Waals surface area contributed by atoms with Crippen LogP contribution in [0.4, 0.5) is 0 Å². The Balaban J connectivity index is 2.65. The summed E-state index contributed by atoms with van der Waals surface area (Å²) in [5.41, 5.74) is 3.41. The molecule has 0 aliphatic carbocycles. The summed E-state index contributed by atoms with van der Waals surface area (Å²) in [6, 6.07) is 6.04. The molecule has 0 saturated carbocycles. The van der Waals surface area contributed by atoms with Crippen molar-refractivity contribution in [1.29, 1.82) is 0 Å². The van der Waals surface area contributed by atoms with Gasteiger partial charge in [0.05, 0.1) is 6.61 Å². The fourth-order valence-electron chi connectivity index (χ4n) is 1.46. The van der Waals surface area contributed by atoms with Gasteiger partial charge in [-0.05, 0) is 43.6 Å². The minimum atomic E-state index is 0.116. The number of nitrogens with one attached hydrogen (secondary N) is 1. The van der Waals surface area contributed by atoms with Crippen LogP contribution in [0.2, 0.25) is 0 Å². The van der Waals surface area contributed by atoms with Gasteiger partial charge in [-0.1, -0.05) is 30.4 Å². The van der Waals surface area contributed by atoms with Crippen LogP contribution in [0, 0.1) is 6.92 Å². The van der Waals surface area contributed by atoms with E-state index in [1.165, 1.54) is 11.1 Å². The molecule has 0 fully saturated rings. The second kappa shape index (κ2) is 6.38. The van der Waals surface area contributed by atoms with Gasteiger partial charge in [-0.25, -0.2) is 0 Å². The number of hydrogen-bond acceptors (Lipinski definition) is 2. The molecule has 0 saturated heterocycles. The first-order chi connectivity index (χ1) is 7.27. The molecule has 0 radical (unpaired) electrons. The molecule has 82 valence electrons. The average Bonchev–Trinajstić information content (AvgIpc) is 2.26. The molecule has 0 aliphatic rings. The highest BCUT2D eigenvalue weighted by molar-refractivity contribution is 5.54. The van der Waals surface area contributed by atoms with Crippen LogP contribution in [0.1, 0.15) is 23.1 Å². The van der Waals surface area contributed by atoms with E-state index in [0.717, 1.165) is 18.5 Å². The highest BCUT2D eigenvalue weighted by Gasteiger charge is 1.95. The molecule has 0 aromatic heterocycles. The number of rotatable bonds is 5. The number of aliphatic hydroxyl groups excluding tert-OH is 1. The van der Waals surface area contributed by atoms with E-state index in [4.69, 9.17) is 5.11 Å². The second-order valence-corrected chi connectivity index (χ2v) is 3.64. The zero-order chi connectivity index (χ0) is 11.1. The summed E-state index contributed by atoms with van der Waals surface area (Å²) in [5, 5.41) is 12.1. The van der Waals surface area contributed by atoms with Crippen molar-refractivity contribution in [2.75, 3.05) is 13.6 Å². The van der Waals surface area contributed by atoms with E-state index in [9.17, 15) is 0 Å². The Bertz CT molecular complexity index is 331. The summed E-state index contributed by atoms with van der Waals surface area (Å²) in [6.45, 7) is 3.19. The van der Waals surface area contributed by atoms with E-state index in [0.29, 0.717) is 0 Å². The normalized spacial score (nSPS) is 11.1. The summed E-state index contributed by atoms with van der Waals surface area (Å²) in [6.07, 6.45) is 5.34. The standard InChI is InChI=1S/C13H19NO/c1-11-9-12(10-15)6-7-13(11)5-3-4-8-14-2/h3,5-7,9,14-15H,4,8,10H2,1-2H3. The van der Waals surface area contributed by atoms with Crippen molar-refractivity contribution in [3.8, 4) is 0 Å². The van der Waals surface area contributed by atoms with Crippen molar-refractivity contribution < 1.29 is 5.11 Å². The Morgan fingerprint density at radius 3 is 2.80 bits per heavy atom. The van der Waals surface area contributed by atoms with E-state index >= 15 is 0 Å². The fraction of sp³-hybridized carbons (Fsp3) is 0.385. The lowest BCUT2D eigenvalue weighted by atomic mass is 10.0. The number of benzene rings is 1. The third-order valence-electron chi connectivity index (χ3n) is 2.38. The molecule has 0 aliphatic heterocycles. The van der Waals surface area contributed by atoms with E-state index in [-0.39, 0.29) is 6.61 Å². The average molecular weight is 205 g/mol. The third-order valence-corrected chi connectivity index (χ3v) is 2.38. The fourth-order valence-corrected chi connectivity index (χ4v) is 1.46. The predicted molar refractivity (Wildman–Crippen MR) is 64.7 cm³/mol. The minimum Gasteiger partial charge on any atom is -0.392 e. The van der Waals surface area contributed by atoms with Crippen molar-refractivity contribution in [3.63, 3.8) is 0 Å². The maximum Gasteiger partial charge on any atom is 0.0681 e. The predicted octanol–water partition coefficient (Wildman–Crippen LogP) is 2.11. The highest BCUT2D eigenvalue weighted by Crippen LogP contribution is 2.13. The molecule has 1 rings (SSSR count). The van der Waals surface area contributed by atoms with Gasteiger partial charge >= 0.3 is 0 Å². The SMILES string of the molecule is CNCCC=Cc1ccc(CO)cc1C. The largest absolute Gasteiger partial charge is 0.392 e. The maximum absolute atomic E-state index is 8.97. The molecule has 2 N–H and O–H groups in total. The first kappa shape index (κ1) is 12.0. The van der Waals surface area contributed by atoms with Gasteiger partial charge < -0.3 is 10.4 Å². The Labute approximate surface area is 91.6 Å². The van der Waals surface area contributed by atoms with Crippen molar-refractivity contribution >= 4 is 6.08 Å². The van der Waals surface area contributed by atoms with E-state index in [1.807, 2.05) is 19.2 Å². The van der Waals surface area contributed by atoms with Crippen LogP contribution >= 0.6 is 0 Å². The zero-order valence-corrected chi connectivity index (χ0v) is 9.46. The molecular weight excluding hydrogens is 186 g/mol. The van der Waals surface area contributed by atoms with Gasteiger partial charge in [0, 0.05) is 0 Å². The van der Waals surface area contributed by atoms with Crippen LogP contribution in [-0.2, 0) is 6.61 Å². The van der Waals surface area contributed by atoms with E-state index in [1.54, 1.807) is 0 Å². The maximum atomic E-state index is 8.97. The Morgan fingerprint density at radius 1 is 1.40 bits per heavy atom. The lowest BCUT2D eigenvalue weighted by Crippen LogP contribution is -2.05. The summed E-state index contributed by atoms with van der Waals surface area (Å²) < 4.78 is 0. The molecule has 0 spiro atoms. The van der Waals surface area contributed by atoms with Crippen LogP contribution in [0.15, 0.2) is 24.3 Å². The number of aryl methyl sites for hydroxylation is 1. The van der Waals surface area contributed by atoms with Crippen molar-refractivity contribution in [2.45, 2.75) is 20.0 Å². The quantitative estimate of drug-likeness (QED) is 0.722. The van der Waals surface area contributed by atoms with E-state index in [2.05, 4.69) is 30.5 Å². The van der Waals surface area contributed by atoms with Crippen molar-refractivity contribution in [2.24, 2.45) is 0 Å². The topological polar surface area (TPSA) is 32.3 Å². The second-order valence-electron chi connectivity index (χ2n) is 3.64. The molecule has 0 amide bonds. The first-order valence-corrected chi connectivity index (χ1v) is 5.29. The van der Waals surface area contributed by atoms with Crippen LogP contribution in [0.3, 0.4) is 0 Å². The molecule has 0 unspecified atom stereocenters. The van der Waals surface area contributed by atoms with Crippen LogP contribution < -0.4 is 5.32 Å². The lowest BCUT2D eigenvalue weighted by molar-refractivity contribution is 0.282. The molecule has 0 atom stereocenters. The van der Waals surface area contributed by atoms with Crippen LogP contribution in [0.5, 0.6) is 0 Å². The highest BCUT2D eigenvalue weighted by atomic mass is 16.3. The Morgan fingerprint density at radius 2 is 2.20 bits per heavy atom. The minimum absolute atomic E-state index is 0.116. The number of aliphatic hydroxyl groups is 1. The van der Waals surface area contributed by atoms with Gasteiger partial charge in [0.1, 0.15) is 0 Å². The molecule has 0 bridgehead atoms. The van der Waals surface area contributed by atoms with Gasteiger partial charge in [-0.2, -0.15) is 0 Å². The van der Waals surface area contributed by atoms with Gasteiger partial charge in [-0.3, -0.25) is 0 Å². The monoisotopic (exact) mass is 205 g/mol. The summed E-state index contributed by atoms with van der Waals surface area (Å²) in [5.74, 6) is 0. The van der Waals surface area contributed by atoms with Gasteiger partial charge in [-0.15, -0.1) is 0 Å². The first-order valence-electron chi connectivity index (χ1n) is 5.29. The summed E-state index contributed by atoms with van der Waals surface area (Å²) >= 11 is 0. The molecule has 2 heteroatoms. The summed E-state index contributed by atoms with van der Waals surface area (Å²) in [4.78, 5) is 0. The third kappa shape index (κ3) is 3.86. The van der Waals surface area contributed by atoms with Crippen molar-refractivity contribution in [1.82, 2.24) is 5.32 Å². The van der Waals surface area contributed by atoms with Crippen molar-refractivity contribution in [3.05, 3.63) is 41.0 Å². The molecule has 2 nitrogen and oxygen atoms in total. The molecular formula is C13H19NO. The van der Waals surface area contributed by atoms with Crippen LogP contribution in [-0.4, -0.2) is 18.7 Å². The number of hydrogen-bond donors (Lipinski definition) is 2. The van der Waals surface area contributed by atoms with Gasteiger partial charge in [0.2, 0.25) is 0 Å². The lowest BCUT2D eigenvalue weighted by Gasteiger charge is -2.03. The molecule has 0 heterocycles. The van der Waals surface area contributed by atoms with Crippen LogP contribution in [0.25, 0.3) is 6.08 Å².